The summed E-state index contributed by atoms with van der Waals surface area (Å²) in [4.78, 5) is 9.45. The average molecular weight is 304 g/mol. The van der Waals surface area contributed by atoms with Gasteiger partial charge in [-0.25, -0.2) is 0 Å². The molecule has 0 aliphatic heterocycles. The molecule has 0 aromatic heterocycles. The quantitative estimate of drug-likeness (QED) is 0.635. The maximum Gasteiger partial charge on any atom is 0.0654 e. The van der Waals surface area contributed by atoms with Gasteiger partial charge in [0.05, 0.1) is 11.4 Å². The van der Waals surface area contributed by atoms with Crippen LogP contribution in [-0.4, -0.2) is 12.4 Å². The van der Waals surface area contributed by atoms with Crippen LogP contribution in [0.2, 0.25) is 0 Å². The molecule has 1 saturated carbocycles. The Labute approximate surface area is 139 Å². The van der Waals surface area contributed by atoms with Crippen molar-refractivity contribution in [2.45, 2.75) is 33.1 Å². The maximum atomic E-state index is 4.72. The third-order valence-electron chi connectivity index (χ3n) is 4.67. The van der Waals surface area contributed by atoms with E-state index in [9.17, 15) is 0 Å². The fourth-order valence-corrected chi connectivity index (χ4v) is 3.16. The Bertz CT molecular complexity index is 654. The third kappa shape index (κ3) is 3.95. The molecule has 2 unspecified atom stereocenters. The van der Waals surface area contributed by atoms with Gasteiger partial charge in [0.15, 0.2) is 0 Å². The highest BCUT2D eigenvalue weighted by Gasteiger charge is 2.24. The van der Waals surface area contributed by atoms with Crippen LogP contribution in [0.3, 0.4) is 0 Å². The van der Waals surface area contributed by atoms with Crippen molar-refractivity contribution < 1.29 is 0 Å². The second-order valence-corrected chi connectivity index (χ2v) is 6.39. The molecule has 0 heterocycles. The topological polar surface area (TPSA) is 24.7 Å². The van der Waals surface area contributed by atoms with E-state index >= 15 is 0 Å². The summed E-state index contributed by atoms with van der Waals surface area (Å²) in [5.74, 6) is 1.00. The van der Waals surface area contributed by atoms with Gasteiger partial charge < -0.3 is 0 Å². The molecular formula is C21H24N2. The largest absolute Gasteiger partial charge is 0.261 e. The molecule has 1 fully saturated rings. The second-order valence-electron chi connectivity index (χ2n) is 6.39. The molecule has 0 amide bonds. The zero-order valence-electron chi connectivity index (χ0n) is 13.9. The van der Waals surface area contributed by atoms with Gasteiger partial charge in [0.25, 0.3) is 0 Å². The minimum Gasteiger partial charge on any atom is -0.261 e. The van der Waals surface area contributed by atoms with Crippen LogP contribution in [0.1, 0.15) is 30.4 Å². The highest BCUT2D eigenvalue weighted by Crippen LogP contribution is 2.31. The number of hydrogen-bond acceptors (Lipinski definition) is 2. The van der Waals surface area contributed by atoms with Crippen molar-refractivity contribution in [1.82, 2.24) is 0 Å². The Morgan fingerprint density at radius 2 is 1.17 bits per heavy atom. The van der Waals surface area contributed by atoms with Crippen LogP contribution in [0, 0.1) is 25.7 Å². The fraction of sp³-hybridized carbons (Fsp3) is 0.333. The average Bonchev–Trinajstić information content (AvgIpc) is 3.01. The first-order chi connectivity index (χ1) is 11.2. The minimum absolute atomic E-state index is 0.502. The number of benzene rings is 2. The van der Waals surface area contributed by atoms with Gasteiger partial charge in [-0.05, 0) is 49.9 Å². The van der Waals surface area contributed by atoms with Crippen LogP contribution in [0.4, 0.5) is 11.4 Å². The molecular weight excluding hydrogens is 280 g/mol. The fourth-order valence-electron chi connectivity index (χ4n) is 3.16. The number of hydrogen-bond donors (Lipinski definition) is 0. The third-order valence-corrected chi connectivity index (χ3v) is 4.67. The van der Waals surface area contributed by atoms with Crippen LogP contribution < -0.4 is 0 Å². The van der Waals surface area contributed by atoms with Gasteiger partial charge in [-0.15, -0.1) is 0 Å². The van der Waals surface area contributed by atoms with E-state index in [0.29, 0.717) is 11.8 Å². The summed E-state index contributed by atoms with van der Waals surface area (Å²) < 4.78 is 0. The lowest BCUT2D eigenvalue weighted by atomic mass is 9.98. The molecule has 2 aromatic carbocycles. The number of aryl methyl sites for hydroxylation is 2. The standard InChI is InChI=1S/C21H24N2/c1-16-8-3-5-12-20(16)22-14-18-10-7-11-19(18)15-23-21-13-6-4-9-17(21)2/h3-6,8-9,12-15,18-19H,7,10-11H2,1-2H3. The van der Waals surface area contributed by atoms with Crippen molar-refractivity contribution >= 4 is 23.8 Å². The number of rotatable bonds is 4. The molecule has 3 rings (SSSR count). The Balaban J connectivity index is 1.71. The SMILES string of the molecule is Cc1ccccc1N=CC1CCCC1C=Nc1ccccc1C. The van der Waals surface area contributed by atoms with Crippen molar-refractivity contribution in [2.75, 3.05) is 0 Å². The van der Waals surface area contributed by atoms with Crippen LogP contribution in [0.25, 0.3) is 0 Å². The van der Waals surface area contributed by atoms with Crippen LogP contribution in [0.15, 0.2) is 58.5 Å². The second kappa shape index (κ2) is 7.36. The summed E-state index contributed by atoms with van der Waals surface area (Å²) >= 11 is 0. The lowest BCUT2D eigenvalue weighted by molar-refractivity contribution is 0.646. The van der Waals surface area contributed by atoms with Gasteiger partial charge in [0, 0.05) is 24.3 Å². The molecule has 23 heavy (non-hydrogen) atoms. The van der Waals surface area contributed by atoms with Gasteiger partial charge >= 0.3 is 0 Å². The van der Waals surface area contributed by atoms with Crippen molar-refractivity contribution in [1.29, 1.82) is 0 Å². The number of nitrogens with zero attached hydrogens (tertiary/aromatic N) is 2. The van der Waals surface area contributed by atoms with Crippen LogP contribution in [-0.2, 0) is 0 Å². The van der Waals surface area contributed by atoms with Gasteiger partial charge in [-0.2, -0.15) is 0 Å². The predicted octanol–water partition coefficient (Wildman–Crippen LogP) is 5.82. The van der Waals surface area contributed by atoms with Crippen molar-refractivity contribution in [3.63, 3.8) is 0 Å². The smallest absolute Gasteiger partial charge is 0.0654 e. The monoisotopic (exact) mass is 304 g/mol. The van der Waals surface area contributed by atoms with E-state index in [0.717, 1.165) is 11.4 Å². The molecule has 2 nitrogen and oxygen atoms in total. The van der Waals surface area contributed by atoms with E-state index < -0.39 is 0 Å². The Morgan fingerprint density at radius 3 is 1.61 bits per heavy atom. The highest BCUT2D eigenvalue weighted by atomic mass is 14.7. The van der Waals surface area contributed by atoms with Gasteiger partial charge in [-0.1, -0.05) is 42.8 Å². The van der Waals surface area contributed by atoms with Gasteiger partial charge in [0.2, 0.25) is 0 Å². The lowest BCUT2D eigenvalue weighted by Gasteiger charge is -2.10. The van der Waals surface area contributed by atoms with Gasteiger partial charge in [0.1, 0.15) is 0 Å². The zero-order chi connectivity index (χ0) is 16.1. The van der Waals surface area contributed by atoms with Crippen molar-refractivity contribution in [2.24, 2.45) is 21.8 Å². The first-order valence-electron chi connectivity index (χ1n) is 8.43. The summed E-state index contributed by atoms with van der Waals surface area (Å²) in [6, 6.07) is 16.6. The Kier molecular flexibility index (Phi) is 5.02. The minimum atomic E-state index is 0.502. The summed E-state index contributed by atoms with van der Waals surface area (Å²) in [5.41, 5.74) is 4.61. The molecule has 0 saturated heterocycles. The van der Waals surface area contributed by atoms with E-state index in [1.165, 1.54) is 30.4 Å². The summed E-state index contributed by atoms with van der Waals surface area (Å²) in [7, 11) is 0. The van der Waals surface area contributed by atoms with Crippen molar-refractivity contribution in [3.8, 4) is 0 Å². The summed E-state index contributed by atoms with van der Waals surface area (Å²) in [6.45, 7) is 4.22. The molecule has 0 bridgehead atoms. The van der Waals surface area contributed by atoms with E-state index in [1.807, 2.05) is 12.1 Å². The number of para-hydroxylation sites is 2. The lowest BCUT2D eigenvalue weighted by Crippen LogP contribution is -2.10. The predicted molar refractivity (Wildman–Crippen MR) is 99.5 cm³/mol. The highest BCUT2D eigenvalue weighted by molar-refractivity contribution is 5.76. The summed E-state index contributed by atoms with van der Waals surface area (Å²) in [6.07, 6.45) is 7.96. The first-order valence-corrected chi connectivity index (χ1v) is 8.43. The van der Waals surface area contributed by atoms with E-state index in [4.69, 9.17) is 9.98 Å². The molecule has 2 atom stereocenters. The number of aliphatic imine (C=N–C) groups is 2. The molecule has 1 aliphatic rings. The molecule has 0 spiro atoms. The van der Waals surface area contributed by atoms with Gasteiger partial charge in [-0.3, -0.25) is 9.98 Å². The molecule has 2 aromatic rings. The van der Waals surface area contributed by atoms with E-state index in [1.54, 1.807) is 0 Å². The molecule has 1 aliphatic carbocycles. The van der Waals surface area contributed by atoms with E-state index in [2.05, 4.69) is 62.7 Å². The molecule has 0 N–H and O–H groups in total. The van der Waals surface area contributed by atoms with E-state index in [-0.39, 0.29) is 0 Å². The molecule has 0 radical (unpaired) electrons. The van der Waals surface area contributed by atoms with Crippen LogP contribution >= 0.6 is 0 Å². The first kappa shape index (κ1) is 15.7. The normalized spacial score (nSPS) is 21.5. The zero-order valence-corrected chi connectivity index (χ0v) is 13.9. The van der Waals surface area contributed by atoms with Crippen LogP contribution in [0.5, 0.6) is 0 Å². The summed E-state index contributed by atoms with van der Waals surface area (Å²) in [5, 5.41) is 0. The van der Waals surface area contributed by atoms with Crippen molar-refractivity contribution in [3.05, 3.63) is 59.7 Å². The maximum absolute atomic E-state index is 4.72. The molecule has 118 valence electrons. The Morgan fingerprint density at radius 1 is 0.739 bits per heavy atom. The molecule has 2 heteroatoms. The Hall–Kier alpha value is -2.22.